The predicted molar refractivity (Wildman–Crippen MR) is 71.7 cm³/mol. The highest BCUT2D eigenvalue weighted by atomic mass is 16.5. The molecule has 0 amide bonds. The van der Waals surface area contributed by atoms with Crippen molar-refractivity contribution in [3.05, 3.63) is 18.2 Å². The van der Waals surface area contributed by atoms with Gasteiger partial charge in [0.05, 0.1) is 31.3 Å². The van der Waals surface area contributed by atoms with Crippen LogP contribution >= 0.6 is 0 Å². The highest BCUT2D eigenvalue weighted by Crippen LogP contribution is 2.08. The minimum atomic E-state index is 0.296. The molecule has 5 heteroatoms. The van der Waals surface area contributed by atoms with Crippen LogP contribution in [0.15, 0.2) is 12.5 Å². The van der Waals surface area contributed by atoms with Crippen LogP contribution in [-0.2, 0) is 17.7 Å². The first-order valence-electron chi connectivity index (χ1n) is 6.81. The summed E-state index contributed by atoms with van der Waals surface area (Å²) in [6, 6.07) is 0. The summed E-state index contributed by atoms with van der Waals surface area (Å²) in [5, 5.41) is 3.14. The van der Waals surface area contributed by atoms with E-state index in [-0.39, 0.29) is 0 Å². The number of morpholine rings is 1. The Labute approximate surface area is 109 Å². The van der Waals surface area contributed by atoms with E-state index < -0.39 is 0 Å². The average Bonchev–Trinajstić information content (AvgIpc) is 2.84. The van der Waals surface area contributed by atoms with E-state index in [2.05, 4.69) is 32.9 Å². The molecule has 0 aliphatic carbocycles. The Morgan fingerprint density at radius 1 is 1.56 bits per heavy atom. The van der Waals surface area contributed by atoms with Gasteiger partial charge in [-0.2, -0.15) is 0 Å². The number of imidazole rings is 1. The monoisotopic (exact) mass is 252 g/mol. The second kappa shape index (κ2) is 6.87. The van der Waals surface area contributed by atoms with Crippen molar-refractivity contribution in [1.82, 2.24) is 19.8 Å². The molecule has 1 aliphatic heterocycles. The zero-order valence-electron chi connectivity index (χ0n) is 11.4. The van der Waals surface area contributed by atoms with Gasteiger partial charge in [0.15, 0.2) is 0 Å². The third-order valence-electron chi connectivity index (χ3n) is 3.40. The molecule has 0 radical (unpaired) electrons. The molecule has 1 saturated heterocycles. The lowest BCUT2D eigenvalue weighted by atomic mass is 10.2. The van der Waals surface area contributed by atoms with E-state index in [1.54, 1.807) is 0 Å². The molecule has 1 N–H and O–H groups in total. The van der Waals surface area contributed by atoms with E-state index in [0.29, 0.717) is 6.10 Å². The van der Waals surface area contributed by atoms with Crippen molar-refractivity contribution in [3.63, 3.8) is 0 Å². The van der Waals surface area contributed by atoms with E-state index in [1.165, 1.54) is 0 Å². The number of rotatable bonds is 6. The molecule has 2 rings (SSSR count). The van der Waals surface area contributed by atoms with Crippen molar-refractivity contribution in [2.24, 2.45) is 0 Å². The number of nitrogens with one attached hydrogen (secondary N) is 1. The molecule has 0 spiro atoms. The summed E-state index contributed by atoms with van der Waals surface area (Å²) < 4.78 is 7.95. The zero-order chi connectivity index (χ0) is 12.8. The Bertz CT molecular complexity index is 353. The highest BCUT2D eigenvalue weighted by molar-refractivity contribution is 4.97. The maximum absolute atomic E-state index is 5.80. The first kappa shape index (κ1) is 13.5. The molecule has 1 atom stereocenters. The molecule has 2 heterocycles. The Kier molecular flexibility index (Phi) is 5.16. The molecule has 18 heavy (non-hydrogen) atoms. The van der Waals surface area contributed by atoms with Gasteiger partial charge in [0, 0.05) is 32.3 Å². The molecule has 1 aromatic rings. The molecule has 0 bridgehead atoms. The summed E-state index contributed by atoms with van der Waals surface area (Å²) in [6.07, 6.45) is 5.33. The third kappa shape index (κ3) is 3.80. The number of likely N-dealkylation sites (N-methyl/N-ethyl adjacent to an activating group) is 2. The first-order valence-corrected chi connectivity index (χ1v) is 6.81. The molecule has 1 aliphatic rings. The van der Waals surface area contributed by atoms with Gasteiger partial charge in [-0.15, -0.1) is 0 Å². The van der Waals surface area contributed by atoms with Gasteiger partial charge in [-0.05, 0) is 13.6 Å². The standard InChI is InChI=1S/C13H24N4O/c1-3-16-6-7-18-13(9-16)10-17-8-12(15-11-17)4-5-14-2/h8,11,13-14H,3-7,9-10H2,1-2H3. The van der Waals surface area contributed by atoms with Crippen LogP contribution in [0.4, 0.5) is 0 Å². The van der Waals surface area contributed by atoms with Crippen LogP contribution in [-0.4, -0.2) is 60.4 Å². The van der Waals surface area contributed by atoms with E-state index in [9.17, 15) is 0 Å². The summed E-state index contributed by atoms with van der Waals surface area (Å²) in [6.45, 7) is 8.13. The zero-order valence-corrected chi connectivity index (χ0v) is 11.4. The van der Waals surface area contributed by atoms with Crippen LogP contribution in [0.3, 0.4) is 0 Å². The summed E-state index contributed by atoms with van der Waals surface area (Å²) in [7, 11) is 1.96. The molecule has 0 aromatic carbocycles. The van der Waals surface area contributed by atoms with Gasteiger partial charge >= 0.3 is 0 Å². The average molecular weight is 252 g/mol. The molecule has 1 fully saturated rings. The number of hydrogen-bond acceptors (Lipinski definition) is 4. The van der Waals surface area contributed by atoms with E-state index in [0.717, 1.165) is 51.4 Å². The summed E-state index contributed by atoms with van der Waals surface area (Å²) >= 11 is 0. The summed E-state index contributed by atoms with van der Waals surface area (Å²) in [5.74, 6) is 0. The van der Waals surface area contributed by atoms with Crippen LogP contribution in [0.25, 0.3) is 0 Å². The molecule has 0 saturated carbocycles. The van der Waals surface area contributed by atoms with E-state index >= 15 is 0 Å². The maximum Gasteiger partial charge on any atom is 0.0950 e. The van der Waals surface area contributed by atoms with Gasteiger partial charge in [0.1, 0.15) is 0 Å². The topological polar surface area (TPSA) is 42.3 Å². The number of nitrogens with zero attached hydrogens (tertiary/aromatic N) is 3. The smallest absolute Gasteiger partial charge is 0.0950 e. The highest BCUT2D eigenvalue weighted by Gasteiger charge is 2.19. The Hall–Kier alpha value is -0.910. The van der Waals surface area contributed by atoms with Crippen LogP contribution < -0.4 is 5.32 Å². The van der Waals surface area contributed by atoms with Gasteiger partial charge in [-0.25, -0.2) is 4.98 Å². The summed E-state index contributed by atoms with van der Waals surface area (Å²) in [4.78, 5) is 6.85. The predicted octanol–water partition coefficient (Wildman–Crippen LogP) is 0.366. The van der Waals surface area contributed by atoms with E-state index in [1.807, 2.05) is 13.4 Å². The van der Waals surface area contributed by atoms with Gasteiger partial charge in [0.25, 0.3) is 0 Å². The van der Waals surface area contributed by atoms with Crippen molar-refractivity contribution in [3.8, 4) is 0 Å². The molecule has 1 unspecified atom stereocenters. The van der Waals surface area contributed by atoms with Crippen LogP contribution in [0.2, 0.25) is 0 Å². The van der Waals surface area contributed by atoms with Gasteiger partial charge < -0.3 is 14.6 Å². The van der Waals surface area contributed by atoms with Gasteiger partial charge in [0.2, 0.25) is 0 Å². The molecule has 1 aromatic heterocycles. The number of ether oxygens (including phenoxy) is 1. The van der Waals surface area contributed by atoms with Crippen molar-refractivity contribution in [1.29, 1.82) is 0 Å². The van der Waals surface area contributed by atoms with Gasteiger partial charge in [-0.1, -0.05) is 6.92 Å². The third-order valence-corrected chi connectivity index (χ3v) is 3.40. The molecular formula is C13H24N4O. The summed E-state index contributed by atoms with van der Waals surface area (Å²) in [5.41, 5.74) is 1.15. The lowest BCUT2D eigenvalue weighted by Crippen LogP contribution is -2.43. The number of aromatic nitrogens is 2. The fourth-order valence-electron chi connectivity index (χ4n) is 2.30. The van der Waals surface area contributed by atoms with E-state index in [4.69, 9.17) is 4.74 Å². The van der Waals surface area contributed by atoms with Crippen molar-refractivity contribution < 1.29 is 4.74 Å². The van der Waals surface area contributed by atoms with Gasteiger partial charge in [-0.3, -0.25) is 4.90 Å². The van der Waals surface area contributed by atoms with Crippen LogP contribution in [0, 0.1) is 0 Å². The molecule has 102 valence electrons. The second-order valence-corrected chi connectivity index (χ2v) is 4.80. The lowest BCUT2D eigenvalue weighted by Gasteiger charge is -2.32. The molecule has 5 nitrogen and oxygen atoms in total. The fraction of sp³-hybridized carbons (Fsp3) is 0.769. The fourth-order valence-corrected chi connectivity index (χ4v) is 2.30. The molecular weight excluding hydrogens is 228 g/mol. The SMILES string of the molecule is CCN1CCOC(Cn2cnc(CCNC)c2)C1. The van der Waals surface area contributed by atoms with Crippen molar-refractivity contribution in [2.75, 3.05) is 39.8 Å². The minimum Gasteiger partial charge on any atom is -0.374 e. The quantitative estimate of drug-likeness (QED) is 0.794. The van der Waals surface area contributed by atoms with Crippen molar-refractivity contribution >= 4 is 0 Å². The van der Waals surface area contributed by atoms with Crippen LogP contribution in [0.5, 0.6) is 0 Å². The minimum absolute atomic E-state index is 0.296. The Balaban J connectivity index is 1.83. The Morgan fingerprint density at radius 2 is 2.44 bits per heavy atom. The lowest BCUT2D eigenvalue weighted by molar-refractivity contribution is -0.0343. The Morgan fingerprint density at radius 3 is 3.22 bits per heavy atom. The normalized spacial score (nSPS) is 21.3. The second-order valence-electron chi connectivity index (χ2n) is 4.80. The van der Waals surface area contributed by atoms with Crippen LogP contribution in [0.1, 0.15) is 12.6 Å². The van der Waals surface area contributed by atoms with Crippen molar-refractivity contribution in [2.45, 2.75) is 26.0 Å². The maximum atomic E-state index is 5.80. The first-order chi connectivity index (χ1) is 8.81. The largest absolute Gasteiger partial charge is 0.374 e. The number of hydrogen-bond donors (Lipinski definition) is 1.